The summed E-state index contributed by atoms with van der Waals surface area (Å²) < 4.78 is 14.7. The Hall–Kier alpha value is -2.12. The zero-order chi connectivity index (χ0) is 17.3. The first kappa shape index (κ1) is 16.7. The third kappa shape index (κ3) is 3.52. The standard InChI is InChI=1S/C16H14ClFN4OS/c1-21(2)13(23)9-22-8-7-12-14(17)19-16(20-15(12)22)24-11-5-3-10(18)4-6-11/h3-8H,9H2,1-2H3. The summed E-state index contributed by atoms with van der Waals surface area (Å²) in [6, 6.07) is 7.83. The van der Waals surface area contributed by atoms with Crippen molar-refractivity contribution in [1.82, 2.24) is 19.4 Å². The third-order valence-corrected chi connectivity index (χ3v) is 4.54. The molecule has 0 aliphatic heterocycles. The van der Waals surface area contributed by atoms with E-state index >= 15 is 0 Å². The summed E-state index contributed by atoms with van der Waals surface area (Å²) in [6.45, 7) is 0.171. The molecule has 0 aliphatic carbocycles. The van der Waals surface area contributed by atoms with Gasteiger partial charge < -0.3 is 9.47 Å². The van der Waals surface area contributed by atoms with Crippen LogP contribution in [0, 0.1) is 5.82 Å². The van der Waals surface area contributed by atoms with Crippen LogP contribution in [0.3, 0.4) is 0 Å². The number of nitrogens with zero attached hydrogens (tertiary/aromatic N) is 4. The Bertz CT molecular complexity index is 895. The highest BCUT2D eigenvalue weighted by Crippen LogP contribution is 2.29. The summed E-state index contributed by atoms with van der Waals surface area (Å²) in [6.07, 6.45) is 1.76. The lowest BCUT2D eigenvalue weighted by Gasteiger charge is -2.11. The first-order chi connectivity index (χ1) is 11.4. The van der Waals surface area contributed by atoms with Gasteiger partial charge in [-0.05, 0) is 42.1 Å². The van der Waals surface area contributed by atoms with Gasteiger partial charge in [-0.3, -0.25) is 4.79 Å². The molecule has 2 heterocycles. The van der Waals surface area contributed by atoms with E-state index in [9.17, 15) is 9.18 Å². The maximum Gasteiger partial charge on any atom is 0.242 e. The molecule has 0 saturated heterocycles. The molecule has 0 atom stereocenters. The van der Waals surface area contributed by atoms with Crippen LogP contribution in [-0.4, -0.2) is 39.4 Å². The maximum atomic E-state index is 13.0. The van der Waals surface area contributed by atoms with Crippen LogP contribution in [0.2, 0.25) is 5.15 Å². The monoisotopic (exact) mass is 364 g/mol. The summed E-state index contributed by atoms with van der Waals surface area (Å²) in [4.78, 5) is 23.0. The van der Waals surface area contributed by atoms with E-state index in [1.807, 2.05) is 0 Å². The first-order valence-corrected chi connectivity index (χ1v) is 8.29. The number of benzene rings is 1. The average Bonchev–Trinajstić information content (AvgIpc) is 2.93. The highest BCUT2D eigenvalue weighted by Gasteiger charge is 2.14. The molecule has 0 saturated carbocycles. The highest BCUT2D eigenvalue weighted by molar-refractivity contribution is 7.99. The molecule has 3 rings (SSSR count). The Morgan fingerprint density at radius 3 is 2.62 bits per heavy atom. The number of halogens is 2. The lowest BCUT2D eigenvalue weighted by atomic mass is 10.4. The maximum absolute atomic E-state index is 13.0. The van der Waals surface area contributed by atoms with E-state index in [1.54, 1.807) is 43.1 Å². The first-order valence-electron chi connectivity index (χ1n) is 7.10. The molecule has 1 aromatic carbocycles. The average molecular weight is 365 g/mol. The predicted molar refractivity (Wildman–Crippen MR) is 91.8 cm³/mol. The number of fused-ring (bicyclic) bond motifs is 1. The van der Waals surface area contributed by atoms with Crippen molar-refractivity contribution >= 4 is 40.3 Å². The van der Waals surface area contributed by atoms with Crippen LogP contribution in [-0.2, 0) is 11.3 Å². The lowest BCUT2D eigenvalue weighted by molar-refractivity contribution is -0.129. The number of aromatic nitrogens is 3. The van der Waals surface area contributed by atoms with Gasteiger partial charge in [-0.1, -0.05) is 11.6 Å². The predicted octanol–water partition coefficient (Wildman–Crippen LogP) is 3.46. The molecular formula is C16H14ClFN4OS. The Morgan fingerprint density at radius 1 is 1.25 bits per heavy atom. The van der Waals surface area contributed by atoms with Crippen molar-refractivity contribution in [3.63, 3.8) is 0 Å². The van der Waals surface area contributed by atoms with Crippen molar-refractivity contribution in [2.75, 3.05) is 14.1 Å². The second-order valence-electron chi connectivity index (χ2n) is 5.32. The molecule has 8 heteroatoms. The minimum Gasteiger partial charge on any atom is -0.347 e. The van der Waals surface area contributed by atoms with Crippen LogP contribution in [0.4, 0.5) is 4.39 Å². The van der Waals surface area contributed by atoms with Crippen molar-refractivity contribution in [2.24, 2.45) is 0 Å². The van der Waals surface area contributed by atoms with Gasteiger partial charge in [0.2, 0.25) is 5.91 Å². The Morgan fingerprint density at radius 2 is 1.96 bits per heavy atom. The number of carbonyl (C=O) groups excluding carboxylic acids is 1. The van der Waals surface area contributed by atoms with Gasteiger partial charge in [-0.2, -0.15) is 0 Å². The minimum atomic E-state index is -0.301. The SMILES string of the molecule is CN(C)C(=O)Cn1ccc2c(Cl)nc(Sc3ccc(F)cc3)nc21. The van der Waals surface area contributed by atoms with Crippen molar-refractivity contribution in [1.29, 1.82) is 0 Å². The van der Waals surface area contributed by atoms with E-state index in [2.05, 4.69) is 9.97 Å². The Kier molecular flexibility index (Phi) is 4.73. The van der Waals surface area contributed by atoms with Crippen LogP contribution in [0.15, 0.2) is 46.6 Å². The van der Waals surface area contributed by atoms with Crippen LogP contribution in [0.1, 0.15) is 0 Å². The van der Waals surface area contributed by atoms with Crippen molar-refractivity contribution in [3.8, 4) is 0 Å². The van der Waals surface area contributed by atoms with Crippen molar-refractivity contribution in [3.05, 3.63) is 47.5 Å². The molecule has 0 aliphatic rings. The van der Waals surface area contributed by atoms with Gasteiger partial charge in [0.25, 0.3) is 0 Å². The molecule has 5 nitrogen and oxygen atoms in total. The number of hydrogen-bond donors (Lipinski definition) is 0. The normalized spacial score (nSPS) is 11.0. The van der Waals surface area contributed by atoms with Crippen LogP contribution in [0.5, 0.6) is 0 Å². The van der Waals surface area contributed by atoms with E-state index in [1.165, 1.54) is 28.8 Å². The lowest BCUT2D eigenvalue weighted by Crippen LogP contribution is -2.26. The van der Waals surface area contributed by atoms with E-state index in [4.69, 9.17) is 11.6 Å². The smallest absolute Gasteiger partial charge is 0.242 e. The van der Waals surface area contributed by atoms with Gasteiger partial charge in [-0.15, -0.1) is 0 Å². The molecule has 1 amide bonds. The molecule has 0 spiro atoms. The second kappa shape index (κ2) is 6.78. The number of carbonyl (C=O) groups is 1. The molecule has 24 heavy (non-hydrogen) atoms. The second-order valence-corrected chi connectivity index (χ2v) is 6.72. The molecule has 0 N–H and O–H groups in total. The molecule has 0 radical (unpaired) electrons. The molecule has 0 fully saturated rings. The molecule has 124 valence electrons. The van der Waals surface area contributed by atoms with E-state index in [-0.39, 0.29) is 18.3 Å². The van der Waals surface area contributed by atoms with Gasteiger partial charge in [0.05, 0.1) is 5.39 Å². The van der Waals surface area contributed by atoms with Gasteiger partial charge in [-0.25, -0.2) is 14.4 Å². The van der Waals surface area contributed by atoms with Crippen molar-refractivity contribution in [2.45, 2.75) is 16.6 Å². The fourth-order valence-corrected chi connectivity index (χ4v) is 3.11. The number of rotatable bonds is 4. The zero-order valence-electron chi connectivity index (χ0n) is 13.0. The summed E-state index contributed by atoms with van der Waals surface area (Å²) in [7, 11) is 3.40. The van der Waals surface area contributed by atoms with Crippen LogP contribution in [0.25, 0.3) is 11.0 Å². The summed E-state index contributed by atoms with van der Waals surface area (Å²) in [5.74, 6) is -0.347. The van der Waals surface area contributed by atoms with Crippen molar-refractivity contribution < 1.29 is 9.18 Å². The number of hydrogen-bond acceptors (Lipinski definition) is 4. The fraction of sp³-hybridized carbons (Fsp3) is 0.188. The number of likely N-dealkylation sites (N-methyl/N-ethyl adjacent to an activating group) is 1. The zero-order valence-corrected chi connectivity index (χ0v) is 14.6. The summed E-state index contributed by atoms with van der Waals surface area (Å²) >= 11 is 7.51. The molecule has 0 unspecified atom stereocenters. The minimum absolute atomic E-state index is 0.0463. The van der Waals surface area contributed by atoms with Gasteiger partial charge in [0, 0.05) is 25.2 Å². The summed E-state index contributed by atoms with van der Waals surface area (Å²) in [5.41, 5.74) is 0.592. The van der Waals surface area contributed by atoms with Gasteiger partial charge in [0.15, 0.2) is 5.16 Å². The van der Waals surface area contributed by atoms with Gasteiger partial charge >= 0.3 is 0 Å². The molecular weight excluding hydrogens is 351 g/mol. The topological polar surface area (TPSA) is 51.0 Å². The quantitative estimate of drug-likeness (QED) is 0.525. The molecule has 0 bridgehead atoms. The summed E-state index contributed by atoms with van der Waals surface area (Å²) in [5, 5.41) is 1.45. The fourth-order valence-electron chi connectivity index (χ4n) is 2.08. The van der Waals surface area contributed by atoms with Gasteiger partial charge in [0.1, 0.15) is 23.2 Å². The Labute approximate surface area is 147 Å². The molecule has 3 aromatic rings. The van der Waals surface area contributed by atoms with E-state index in [0.29, 0.717) is 21.3 Å². The Balaban J connectivity index is 1.95. The molecule has 2 aromatic heterocycles. The van der Waals surface area contributed by atoms with E-state index < -0.39 is 0 Å². The third-order valence-electron chi connectivity index (χ3n) is 3.38. The largest absolute Gasteiger partial charge is 0.347 e. The van der Waals surface area contributed by atoms with Crippen LogP contribution >= 0.6 is 23.4 Å². The number of amides is 1. The highest BCUT2D eigenvalue weighted by atomic mass is 35.5. The van der Waals surface area contributed by atoms with E-state index in [0.717, 1.165) is 4.90 Å². The van der Waals surface area contributed by atoms with Crippen LogP contribution < -0.4 is 0 Å².